The molecule has 0 atom stereocenters. The monoisotopic (exact) mass is 404 g/mol. The number of benzene rings is 2. The van der Waals surface area contributed by atoms with Gasteiger partial charge in [0.2, 0.25) is 0 Å². The lowest BCUT2D eigenvalue weighted by Gasteiger charge is -2.14. The molecule has 0 fully saturated rings. The second-order valence-corrected chi connectivity index (χ2v) is 7.40. The van der Waals surface area contributed by atoms with Crippen LogP contribution in [0.15, 0.2) is 34.8 Å². The number of para-hydroxylation sites is 1. The lowest BCUT2D eigenvalue weighted by atomic mass is 10.1. The Labute approximate surface area is 153 Å². The van der Waals surface area contributed by atoms with E-state index in [0.29, 0.717) is 5.13 Å². The molecule has 3 aromatic rings. The van der Waals surface area contributed by atoms with Crippen LogP contribution >= 0.6 is 27.3 Å². The van der Waals surface area contributed by atoms with Crippen LogP contribution in [0.1, 0.15) is 16.7 Å². The first-order valence-electron chi connectivity index (χ1n) is 7.50. The number of nitrogens with zero attached hydrogens (tertiary/aromatic N) is 1. The zero-order valence-electron chi connectivity index (χ0n) is 13.6. The second kappa shape index (κ2) is 6.91. The van der Waals surface area contributed by atoms with E-state index in [1.54, 1.807) is 0 Å². The van der Waals surface area contributed by atoms with Gasteiger partial charge in [-0.1, -0.05) is 39.4 Å². The van der Waals surface area contributed by atoms with Gasteiger partial charge in [0.15, 0.2) is 11.7 Å². The zero-order chi connectivity index (χ0) is 17.3. The summed E-state index contributed by atoms with van der Waals surface area (Å²) in [5.74, 6) is 0.513. The molecule has 0 unspecified atom stereocenters. The van der Waals surface area contributed by atoms with Crippen LogP contribution in [0.4, 0.5) is 5.13 Å². The fraction of sp³-hybridized carbons (Fsp3) is 0.222. The molecular formula is C18H17BrN2O2S. The first-order chi connectivity index (χ1) is 11.5. The average molecular weight is 405 g/mol. The van der Waals surface area contributed by atoms with Crippen LogP contribution < -0.4 is 10.1 Å². The van der Waals surface area contributed by atoms with Gasteiger partial charge in [0, 0.05) is 4.47 Å². The van der Waals surface area contributed by atoms with E-state index in [0.717, 1.165) is 37.1 Å². The number of hydrogen-bond acceptors (Lipinski definition) is 4. The van der Waals surface area contributed by atoms with E-state index < -0.39 is 0 Å². The lowest BCUT2D eigenvalue weighted by Crippen LogP contribution is -2.20. The zero-order valence-corrected chi connectivity index (χ0v) is 16.0. The molecule has 2 aromatic carbocycles. The highest BCUT2D eigenvalue weighted by Gasteiger charge is 2.12. The smallest absolute Gasteiger partial charge is 0.264 e. The van der Waals surface area contributed by atoms with Crippen LogP contribution in [0, 0.1) is 20.8 Å². The molecule has 1 N–H and O–H groups in total. The molecule has 0 spiro atoms. The highest BCUT2D eigenvalue weighted by Crippen LogP contribution is 2.31. The summed E-state index contributed by atoms with van der Waals surface area (Å²) >= 11 is 5.02. The number of nitrogens with one attached hydrogen (secondary N) is 1. The number of halogens is 1. The van der Waals surface area contributed by atoms with Gasteiger partial charge in [0.05, 0.1) is 10.2 Å². The van der Waals surface area contributed by atoms with Crippen molar-refractivity contribution in [1.82, 2.24) is 4.98 Å². The number of amides is 1. The number of carbonyl (C=O) groups excluding carboxylic acids is 1. The van der Waals surface area contributed by atoms with E-state index in [-0.39, 0.29) is 12.5 Å². The van der Waals surface area contributed by atoms with Crippen molar-refractivity contribution in [2.75, 3.05) is 11.9 Å². The van der Waals surface area contributed by atoms with Crippen LogP contribution in [0.3, 0.4) is 0 Å². The molecule has 1 amide bonds. The van der Waals surface area contributed by atoms with E-state index in [1.807, 2.05) is 51.1 Å². The van der Waals surface area contributed by atoms with Crippen molar-refractivity contribution in [2.45, 2.75) is 20.8 Å². The van der Waals surface area contributed by atoms with Crippen molar-refractivity contribution in [1.29, 1.82) is 0 Å². The Balaban J connectivity index is 1.67. The van der Waals surface area contributed by atoms with Gasteiger partial charge in [-0.3, -0.25) is 10.1 Å². The number of carbonyl (C=O) groups is 1. The molecule has 0 saturated carbocycles. The summed E-state index contributed by atoms with van der Waals surface area (Å²) in [5.41, 5.74) is 4.12. The van der Waals surface area contributed by atoms with Crippen LogP contribution in [-0.2, 0) is 4.79 Å². The normalized spacial score (nSPS) is 10.8. The number of rotatable bonds is 4. The van der Waals surface area contributed by atoms with Crippen LogP contribution in [0.25, 0.3) is 10.2 Å². The number of aryl methyl sites for hydroxylation is 1. The van der Waals surface area contributed by atoms with E-state index >= 15 is 0 Å². The number of thiazole rings is 1. The molecular weight excluding hydrogens is 388 g/mol. The molecule has 0 aliphatic carbocycles. The first-order valence-corrected chi connectivity index (χ1v) is 9.11. The SMILES string of the molecule is Cc1cc(OCC(=O)Nc2nc3ccccc3s2)c(C)c(C)c1Br. The summed E-state index contributed by atoms with van der Waals surface area (Å²) in [6.07, 6.45) is 0. The first kappa shape index (κ1) is 16.9. The summed E-state index contributed by atoms with van der Waals surface area (Å²) in [5, 5.41) is 3.38. The fourth-order valence-electron chi connectivity index (χ4n) is 2.39. The Hall–Kier alpha value is -1.92. The average Bonchev–Trinajstić information content (AvgIpc) is 2.97. The number of fused-ring (bicyclic) bond motifs is 1. The minimum absolute atomic E-state index is 0.0444. The third kappa shape index (κ3) is 3.44. The van der Waals surface area contributed by atoms with Gasteiger partial charge in [-0.05, 0) is 55.7 Å². The minimum Gasteiger partial charge on any atom is -0.483 e. The lowest BCUT2D eigenvalue weighted by molar-refractivity contribution is -0.118. The molecule has 0 bridgehead atoms. The van der Waals surface area contributed by atoms with Crippen LogP contribution in [-0.4, -0.2) is 17.5 Å². The maximum atomic E-state index is 12.1. The molecule has 124 valence electrons. The summed E-state index contributed by atoms with van der Waals surface area (Å²) in [7, 11) is 0. The van der Waals surface area contributed by atoms with E-state index in [9.17, 15) is 4.79 Å². The van der Waals surface area contributed by atoms with E-state index in [2.05, 4.69) is 26.2 Å². The van der Waals surface area contributed by atoms with E-state index in [1.165, 1.54) is 11.3 Å². The predicted octanol–water partition coefficient (Wildman–Crippen LogP) is 5.00. The Morgan fingerprint density at radius 2 is 2.00 bits per heavy atom. The predicted molar refractivity (Wildman–Crippen MR) is 102 cm³/mol. The van der Waals surface area contributed by atoms with Gasteiger partial charge in [-0.25, -0.2) is 4.98 Å². The molecule has 1 aromatic heterocycles. The Morgan fingerprint density at radius 3 is 2.75 bits per heavy atom. The third-order valence-corrected chi connectivity index (χ3v) is 6.03. The van der Waals surface area contributed by atoms with Crippen molar-refractivity contribution in [2.24, 2.45) is 0 Å². The van der Waals surface area contributed by atoms with Crippen molar-refractivity contribution in [3.63, 3.8) is 0 Å². The van der Waals surface area contributed by atoms with Crippen molar-refractivity contribution in [3.05, 3.63) is 51.5 Å². The Bertz CT molecular complexity index is 888. The van der Waals surface area contributed by atoms with Gasteiger partial charge in [-0.2, -0.15) is 0 Å². The molecule has 24 heavy (non-hydrogen) atoms. The number of ether oxygens (including phenoxy) is 1. The number of hydrogen-bond donors (Lipinski definition) is 1. The van der Waals surface area contributed by atoms with Gasteiger partial charge >= 0.3 is 0 Å². The molecule has 0 aliphatic rings. The summed E-state index contributed by atoms with van der Waals surface area (Å²) < 4.78 is 7.83. The highest BCUT2D eigenvalue weighted by atomic mass is 79.9. The third-order valence-electron chi connectivity index (χ3n) is 3.85. The van der Waals surface area contributed by atoms with Crippen LogP contribution in [0.5, 0.6) is 5.75 Å². The second-order valence-electron chi connectivity index (χ2n) is 5.58. The maximum absolute atomic E-state index is 12.1. The maximum Gasteiger partial charge on any atom is 0.264 e. The van der Waals surface area contributed by atoms with Crippen molar-refractivity contribution >= 4 is 48.5 Å². The van der Waals surface area contributed by atoms with Gasteiger partial charge in [0.1, 0.15) is 5.75 Å². The number of anilines is 1. The van der Waals surface area contributed by atoms with Gasteiger partial charge in [0.25, 0.3) is 5.91 Å². The highest BCUT2D eigenvalue weighted by molar-refractivity contribution is 9.10. The molecule has 6 heteroatoms. The molecule has 0 radical (unpaired) electrons. The van der Waals surface area contributed by atoms with Crippen molar-refractivity contribution in [3.8, 4) is 5.75 Å². The van der Waals surface area contributed by atoms with Crippen molar-refractivity contribution < 1.29 is 9.53 Å². The summed E-state index contributed by atoms with van der Waals surface area (Å²) in [6, 6.07) is 9.73. The van der Waals surface area contributed by atoms with Crippen LogP contribution in [0.2, 0.25) is 0 Å². The van der Waals surface area contributed by atoms with Gasteiger partial charge < -0.3 is 4.74 Å². The number of aromatic nitrogens is 1. The summed E-state index contributed by atoms with van der Waals surface area (Å²) in [6.45, 7) is 5.97. The minimum atomic E-state index is -0.216. The molecule has 0 aliphatic heterocycles. The van der Waals surface area contributed by atoms with E-state index in [4.69, 9.17) is 4.74 Å². The molecule has 1 heterocycles. The Kier molecular flexibility index (Phi) is 4.87. The topological polar surface area (TPSA) is 51.2 Å². The molecule has 4 nitrogen and oxygen atoms in total. The summed E-state index contributed by atoms with van der Waals surface area (Å²) in [4.78, 5) is 16.5. The quantitative estimate of drug-likeness (QED) is 0.665. The molecule has 0 saturated heterocycles. The fourth-order valence-corrected chi connectivity index (χ4v) is 3.68. The molecule has 3 rings (SSSR count). The van der Waals surface area contributed by atoms with Gasteiger partial charge in [-0.15, -0.1) is 0 Å². The Morgan fingerprint density at radius 1 is 1.25 bits per heavy atom. The largest absolute Gasteiger partial charge is 0.483 e. The standard InChI is InChI=1S/C18H17BrN2O2S/c1-10-8-14(11(2)12(3)17(10)19)23-9-16(22)21-18-20-13-6-4-5-7-15(13)24-18/h4-8H,9H2,1-3H3,(H,20,21,22).